The molecule has 116 valence electrons. The lowest BCUT2D eigenvalue weighted by atomic mass is 10.1. The molecule has 0 radical (unpaired) electrons. The molecule has 1 heterocycles. The molecule has 1 atom stereocenters. The lowest BCUT2D eigenvalue weighted by molar-refractivity contribution is -0.160. The summed E-state index contributed by atoms with van der Waals surface area (Å²) in [4.78, 5) is 14.2. The molecule has 1 aliphatic heterocycles. The summed E-state index contributed by atoms with van der Waals surface area (Å²) in [7, 11) is 0. The van der Waals surface area contributed by atoms with Crippen molar-refractivity contribution in [3.63, 3.8) is 0 Å². The molecule has 1 aromatic rings. The lowest BCUT2D eigenvalue weighted by Gasteiger charge is -2.27. The molecule has 1 aromatic carbocycles. The first kappa shape index (κ1) is 16.4. The van der Waals surface area contributed by atoms with E-state index in [1.54, 1.807) is 12.1 Å². The van der Waals surface area contributed by atoms with Crippen LogP contribution in [0.2, 0.25) is 0 Å². The number of rotatable bonds is 3. The lowest BCUT2D eigenvalue weighted by Crippen LogP contribution is -2.40. The minimum atomic E-state index is -0.494. The number of likely N-dealkylation sites (tertiary alicyclic amines) is 1. The normalized spacial score (nSPS) is 19.8. The maximum absolute atomic E-state index is 13.9. The van der Waals surface area contributed by atoms with Crippen LogP contribution < -0.4 is 0 Å². The molecular weight excluding hydrogens is 337 g/mol. The maximum atomic E-state index is 13.9. The maximum Gasteiger partial charge on any atom is 0.323 e. The van der Waals surface area contributed by atoms with E-state index >= 15 is 0 Å². The van der Waals surface area contributed by atoms with E-state index in [0.717, 1.165) is 23.9 Å². The molecule has 1 saturated heterocycles. The summed E-state index contributed by atoms with van der Waals surface area (Å²) in [6.45, 7) is 6.79. The fourth-order valence-electron chi connectivity index (χ4n) is 2.54. The van der Waals surface area contributed by atoms with E-state index in [2.05, 4.69) is 15.9 Å². The van der Waals surface area contributed by atoms with Crippen molar-refractivity contribution >= 4 is 21.9 Å². The summed E-state index contributed by atoms with van der Waals surface area (Å²) in [6.07, 6.45) is 1.70. The number of carbonyl (C=O) groups is 1. The Balaban J connectivity index is 2.08. The van der Waals surface area contributed by atoms with Crippen molar-refractivity contribution in [2.75, 3.05) is 6.54 Å². The van der Waals surface area contributed by atoms with Crippen LogP contribution in [0.5, 0.6) is 0 Å². The SMILES string of the molecule is CC(C)(C)OC(=O)[C@@H]1CCCN1Cc1cc(Br)ccc1F. The van der Waals surface area contributed by atoms with Crippen LogP contribution in [0.3, 0.4) is 0 Å². The Bertz CT molecular complexity index is 527. The van der Waals surface area contributed by atoms with E-state index in [1.807, 2.05) is 25.7 Å². The Morgan fingerprint density at radius 2 is 2.19 bits per heavy atom. The highest BCUT2D eigenvalue weighted by Crippen LogP contribution is 2.25. The molecule has 0 amide bonds. The summed E-state index contributed by atoms with van der Waals surface area (Å²) >= 11 is 3.35. The number of hydrogen-bond donors (Lipinski definition) is 0. The number of benzene rings is 1. The van der Waals surface area contributed by atoms with Crippen molar-refractivity contribution in [2.24, 2.45) is 0 Å². The van der Waals surface area contributed by atoms with E-state index in [0.29, 0.717) is 12.1 Å². The highest BCUT2D eigenvalue weighted by molar-refractivity contribution is 9.10. The van der Waals surface area contributed by atoms with Gasteiger partial charge in [-0.3, -0.25) is 9.69 Å². The molecule has 0 spiro atoms. The van der Waals surface area contributed by atoms with E-state index < -0.39 is 5.60 Å². The molecule has 0 unspecified atom stereocenters. The van der Waals surface area contributed by atoms with Gasteiger partial charge in [-0.1, -0.05) is 15.9 Å². The third-order valence-corrected chi connectivity index (χ3v) is 3.92. The Kier molecular flexibility index (Phi) is 5.04. The molecule has 0 saturated carbocycles. The first-order valence-corrected chi connectivity index (χ1v) is 7.96. The van der Waals surface area contributed by atoms with Gasteiger partial charge in [-0.05, 0) is 58.4 Å². The predicted octanol–water partition coefficient (Wildman–Crippen LogP) is 3.89. The van der Waals surface area contributed by atoms with Crippen LogP contribution in [-0.4, -0.2) is 29.1 Å². The third-order valence-electron chi connectivity index (χ3n) is 3.42. The van der Waals surface area contributed by atoms with Crippen LogP contribution in [0, 0.1) is 5.82 Å². The van der Waals surface area contributed by atoms with Crippen LogP contribution in [0.25, 0.3) is 0 Å². The van der Waals surface area contributed by atoms with Gasteiger partial charge in [0.25, 0.3) is 0 Å². The van der Waals surface area contributed by atoms with Gasteiger partial charge in [0.15, 0.2) is 0 Å². The molecule has 1 aliphatic rings. The molecule has 1 fully saturated rings. The molecule has 0 aromatic heterocycles. The average molecular weight is 358 g/mol. The van der Waals surface area contributed by atoms with Crippen LogP contribution in [-0.2, 0) is 16.1 Å². The second-order valence-corrected chi connectivity index (χ2v) is 7.31. The van der Waals surface area contributed by atoms with Gasteiger partial charge in [-0.15, -0.1) is 0 Å². The number of esters is 1. The van der Waals surface area contributed by atoms with Crippen LogP contribution in [0.15, 0.2) is 22.7 Å². The van der Waals surface area contributed by atoms with Gasteiger partial charge in [-0.25, -0.2) is 4.39 Å². The van der Waals surface area contributed by atoms with Gasteiger partial charge in [-0.2, -0.15) is 0 Å². The van der Waals surface area contributed by atoms with Crippen LogP contribution in [0.4, 0.5) is 4.39 Å². The predicted molar refractivity (Wildman–Crippen MR) is 83.4 cm³/mol. The standard InChI is InChI=1S/C16H21BrFNO2/c1-16(2,3)21-15(20)14-5-4-8-19(14)10-11-9-12(17)6-7-13(11)18/h6-7,9,14H,4-5,8,10H2,1-3H3/t14-/m0/s1. The molecule has 21 heavy (non-hydrogen) atoms. The topological polar surface area (TPSA) is 29.5 Å². The van der Waals surface area contributed by atoms with E-state index in [9.17, 15) is 9.18 Å². The van der Waals surface area contributed by atoms with E-state index in [-0.39, 0.29) is 17.8 Å². The van der Waals surface area contributed by atoms with Gasteiger partial charge >= 0.3 is 5.97 Å². The zero-order valence-corrected chi connectivity index (χ0v) is 14.2. The fraction of sp³-hybridized carbons (Fsp3) is 0.562. The quantitative estimate of drug-likeness (QED) is 0.768. The molecule has 3 nitrogen and oxygen atoms in total. The van der Waals surface area contributed by atoms with Crippen molar-refractivity contribution in [3.05, 3.63) is 34.1 Å². The molecule has 0 N–H and O–H groups in total. The minimum Gasteiger partial charge on any atom is -0.459 e. The molecule has 0 bridgehead atoms. The van der Waals surface area contributed by atoms with E-state index in [1.165, 1.54) is 6.07 Å². The van der Waals surface area contributed by atoms with Crippen LogP contribution >= 0.6 is 15.9 Å². The summed E-state index contributed by atoms with van der Waals surface area (Å²) in [5.74, 6) is -0.455. The third kappa shape index (κ3) is 4.51. The Morgan fingerprint density at radius 3 is 2.86 bits per heavy atom. The monoisotopic (exact) mass is 357 g/mol. The highest BCUT2D eigenvalue weighted by Gasteiger charge is 2.34. The number of hydrogen-bond acceptors (Lipinski definition) is 3. The van der Waals surface area contributed by atoms with Crippen LogP contribution in [0.1, 0.15) is 39.2 Å². The zero-order chi connectivity index (χ0) is 15.6. The minimum absolute atomic E-state index is 0.213. The van der Waals surface area contributed by atoms with Gasteiger partial charge in [0.1, 0.15) is 17.5 Å². The van der Waals surface area contributed by atoms with Crippen molar-refractivity contribution < 1.29 is 13.9 Å². The van der Waals surface area contributed by atoms with Gasteiger partial charge < -0.3 is 4.74 Å². The van der Waals surface area contributed by atoms with Gasteiger partial charge in [0.2, 0.25) is 0 Å². The number of halogens is 2. The van der Waals surface area contributed by atoms with Crippen molar-refractivity contribution in [3.8, 4) is 0 Å². The van der Waals surface area contributed by atoms with Gasteiger partial charge in [0, 0.05) is 16.6 Å². The van der Waals surface area contributed by atoms with Crippen molar-refractivity contribution in [1.82, 2.24) is 4.90 Å². The van der Waals surface area contributed by atoms with Crippen molar-refractivity contribution in [2.45, 2.75) is 51.8 Å². The number of nitrogens with zero attached hydrogens (tertiary/aromatic N) is 1. The fourth-order valence-corrected chi connectivity index (χ4v) is 2.94. The first-order chi connectivity index (χ1) is 9.76. The zero-order valence-electron chi connectivity index (χ0n) is 12.7. The number of carbonyl (C=O) groups excluding carboxylic acids is 1. The summed E-state index contributed by atoms with van der Waals surface area (Å²) < 4.78 is 20.2. The first-order valence-electron chi connectivity index (χ1n) is 7.17. The molecule has 0 aliphatic carbocycles. The summed E-state index contributed by atoms with van der Waals surface area (Å²) in [6, 6.07) is 4.61. The second kappa shape index (κ2) is 6.44. The largest absolute Gasteiger partial charge is 0.459 e. The molecule has 2 rings (SSSR count). The smallest absolute Gasteiger partial charge is 0.323 e. The molecule has 5 heteroatoms. The number of ether oxygens (including phenoxy) is 1. The Morgan fingerprint density at radius 1 is 1.48 bits per heavy atom. The molecular formula is C16H21BrFNO2. The Labute approximate surface area is 133 Å². The second-order valence-electron chi connectivity index (χ2n) is 6.40. The average Bonchev–Trinajstić information content (AvgIpc) is 2.80. The summed E-state index contributed by atoms with van der Waals surface area (Å²) in [5, 5.41) is 0. The van der Waals surface area contributed by atoms with Crippen molar-refractivity contribution in [1.29, 1.82) is 0 Å². The van der Waals surface area contributed by atoms with E-state index in [4.69, 9.17) is 4.74 Å². The summed E-state index contributed by atoms with van der Waals surface area (Å²) in [5.41, 5.74) is 0.103. The Hall–Kier alpha value is -0.940. The highest BCUT2D eigenvalue weighted by atomic mass is 79.9. The van der Waals surface area contributed by atoms with Gasteiger partial charge in [0.05, 0.1) is 0 Å².